The first-order valence-corrected chi connectivity index (χ1v) is 10.4. The summed E-state index contributed by atoms with van der Waals surface area (Å²) in [6, 6.07) is 7.44. The van der Waals surface area contributed by atoms with Gasteiger partial charge in [0.25, 0.3) is 0 Å². The molecule has 2 saturated heterocycles. The van der Waals surface area contributed by atoms with E-state index in [1.54, 1.807) is 7.11 Å². The minimum atomic E-state index is -0.209. The number of ether oxygens (including phenoxy) is 1. The summed E-state index contributed by atoms with van der Waals surface area (Å²) >= 11 is 5.44. The zero-order chi connectivity index (χ0) is 21.5. The summed E-state index contributed by atoms with van der Waals surface area (Å²) in [7, 11) is 1.62. The maximum atomic E-state index is 12.3. The lowest BCUT2D eigenvalue weighted by Crippen LogP contribution is -2.58. The number of methoxy groups -OCH3 is 1. The highest BCUT2D eigenvalue weighted by Gasteiger charge is 2.43. The van der Waals surface area contributed by atoms with Crippen molar-refractivity contribution in [3.63, 3.8) is 0 Å². The van der Waals surface area contributed by atoms with Crippen LogP contribution < -0.4 is 26.0 Å². The highest BCUT2D eigenvalue weighted by molar-refractivity contribution is 7.80. The quantitative estimate of drug-likeness (QED) is 0.369. The molecule has 3 rings (SSSR count). The van der Waals surface area contributed by atoms with Crippen molar-refractivity contribution in [2.45, 2.75) is 37.4 Å². The van der Waals surface area contributed by atoms with E-state index < -0.39 is 0 Å². The van der Waals surface area contributed by atoms with Crippen LogP contribution in [0.25, 0.3) is 0 Å². The zero-order valence-electron chi connectivity index (χ0n) is 16.9. The number of hydrogen-bond donors (Lipinski definition) is 4. The molecule has 0 unspecified atom stereocenters. The van der Waals surface area contributed by atoms with Crippen LogP contribution in [0.5, 0.6) is 5.75 Å². The fraction of sp³-hybridized carbons (Fsp3) is 0.476. The monoisotopic (exact) mass is 429 g/mol. The molecule has 2 heterocycles. The topological polar surface area (TPSA) is 94.7 Å². The van der Waals surface area contributed by atoms with Gasteiger partial charge in [-0.3, -0.25) is 14.5 Å². The van der Waals surface area contributed by atoms with Crippen LogP contribution in [-0.2, 0) is 9.59 Å². The highest BCUT2D eigenvalue weighted by atomic mass is 32.1. The molecular weight excluding hydrogens is 402 g/mol. The Bertz CT molecular complexity index is 823. The SMILES string of the molecule is C#CCNC(=O)CC[C@@H]1CNC(=O)[C@@H]2C[C@H](NC(=S)Nc3ccc(OC)cc3)CN12. The Morgan fingerprint density at radius 3 is 2.87 bits per heavy atom. The van der Waals surface area contributed by atoms with Crippen molar-refractivity contribution in [3.05, 3.63) is 24.3 Å². The molecule has 0 aromatic heterocycles. The number of nitrogens with zero attached hydrogens (tertiary/aromatic N) is 1. The second-order valence-electron chi connectivity index (χ2n) is 7.39. The number of benzene rings is 1. The molecule has 2 fully saturated rings. The van der Waals surface area contributed by atoms with E-state index >= 15 is 0 Å². The van der Waals surface area contributed by atoms with E-state index in [0.29, 0.717) is 37.5 Å². The normalized spacial score (nSPS) is 22.9. The predicted molar refractivity (Wildman–Crippen MR) is 119 cm³/mol. The van der Waals surface area contributed by atoms with Crippen LogP contribution in [0.1, 0.15) is 19.3 Å². The lowest BCUT2D eigenvalue weighted by molar-refractivity contribution is -0.129. The Balaban J connectivity index is 1.52. The number of fused-ring (bicyclic) bond motifs is 1. The summed E-state index contributed by atoms with van der Waals surface area (Å²) in [6.07, 6.45) is 6.87. The van der Waals surface area contributed by atoms with Gasteiger partial charge in [0, 0.05) is 37.3 Å². The first kappa shape index (κ1) is 21.9. The lowest BCUT2D eigenvalue weighted by atomic mass is 10.0. The fourth-order valence-corrected chi connectivity index (χ4v) is 4.20. The Hall–Kier alpha value is -2.83. The third-order valence-electron chi connectivity index (χ3n) is 5.40. The molecule has 1 aromatic carbocycles. The van der Waals surface area contributed by atoms with Gasteiger partial charge in [-0.05, 0) is 49.3 Å². The second kappa shape index (κ2) is 10.3. The lowest BCUT2D eigenvalue weighted by Gasteiger charge is -2.37. The molecule has 0 bridgehead atoms. The second-order valence-corrected chi connectivity index (χ2v) is 7.80. The van der Waals surface area contributed by atoms with E-state index in [1.807, 2.05) is 24.3 Å². The van der Waals surface area contributed by atoms with Crippen LogP contribution in [0.15, 0.2) is 24.3 Å². The van der Waals surface area contributed by atoms with Crippen molar-refractivity contribution >= 4 is 34.8 Å². The van der Waals surface area contributed by atoms with Gasteiger partial charge in [0.05, 0.1) is 19.7 Å². The highest BCUT2D eigenvalue weighted by Crippen LogP contribution is 2.26. The molecule has 160 valence electrons. The van der Waals surface area contributed by atoms with Crippen LogP contribution in [0.3, 0.4) is 0 Å². The number of amides is 2. The zero-order valence-corrected chi connectivity index (χ0v) is 17.8. The minimum absolute atomic E-state index is 0.0290. The summed E-state index contributed by atoms with van der Waals surface area (Å²) < 4.78 is 5.16. The predicted octanol–water partition coefficient (Wildman–Crippen LogP) is 0.453. The van der Waals surface area contributed by atoms with E-state index in [2.05, 4.69) is 32.1 Å². The smallest absolute Gasteiger partial charge is 0.237 e. The molecule has 9 heteroatoms. The van der Waals surface area contributed by atoms with E-state index in [-0.39, 0.29) is 36.5 Å². The molecule has 2 amide bonds. The summed E-state index contributed by atoms with van der Waals surface area (Å²) in [5.74, 6) is 3.13. The van der Waals surface area contributed by atoms with Crippen LogP contribution in [-0.4, -0.2) is 66.7 Å². The van der Waals surface area contributed by atoms with Gasteiger partial charge in [-0.2, -0.15) is 0 Å². The van der Waals surface area contributed by atoms with E-state index in [9.17, 15) is 9.59 Å². The molecule has 4 N–H and O–H groups in total. The maximum Gasteiger partial charge on any atom is 0.237 e. The van der Waals surface area contributed by atoms with Crippen LogP contribution in [0.4, 0.5) is 5.69 Å². The molecule has 2 aliphatic heterocycles. The molecule has 0 spiro atoms. The number of nitrogens with one attached hydrogen (secondary N) is 4. The Kier molecular flexibility index (Phi) is 7.49. The summed E-state index contributed by atoms with van der Waals surface area (Å²) in [5.41, 5.74) is 0.859. The Morgan fingerprint density at radius 1 is 1.40 bits per heavy atom. The van der Waals surface area contributed by atoms with Gasteiger partial charge >= 0.3 is 0 Å². The largest absolute Gasteiger partial charge is 0.497 e. The molecule has 0 aliphatic carbocycles. The number of thiocarbonyl (C=S) groups is 1. The molecular formula is C21H27N5O3S. The van der Waals surface area contributed by atoms with Crippen molar-refractivity contribution < 1.29 is 14.3 Å². The first-order chi connectivity index (χ1) is 14.5. The minimum Gasteiger partial charge on any atom is -0.497 e. The van der Waals surface area contributed by atoms with E-state index in [4.69, 9.17) is 23.4 Å². The van der Waals surface area contributed by atoms with Crippen molar-refractivity contribution in [1.29, 1.82) is 0 Å². The average molecular weight is 430 g/mol. The third kappa shape index (κ3) is 5.62. The van der Waals surface area contributed by atoms with Gasteiger partial charge in [-0.15, -0.1) is 6.42 Å². The number of carbonyl (C=O) groups is 2. The molecule has 2 aliphatic rings. The van der Waals surface area contributed by atoms with Crippen LogP contribution in [0, 0.1) is 12.3 Å². The summed E-state index contributed by atoms with van der Waals surface area (Å²) in [5, 5.41) is 12.6. The molecule has 30 heavy (non-hydrogen) atoms. The third-order valence-corrected chi connectivity index (χ3v) is 5.62. The number of anilines is 1. The summed E-state index contributed by atoms with van der Waals surface area (Å²) in [4.78, 5) is 26.4. The van der Waals surface area contributed by atoms with Gasteiger partial charge in [0.15, 0.2) is 5.11 Å². The number of carbonyl (C=O) groups excluding carboxylic acids is 2. The Morgan fingerprint density at radius 2 is 2.17 bits per heavy atom. The molecule has 0 saturated carbocycles. The Labute approximate surface area is 182 Å². The van der Waals surface area contributed by atoms with Crippen LogP contribution in [0.2, 0.25) is 0 Å². The number of terminal acetylenes is 1. The van der Waals surface area contributed by atoms with Crippen LogP contribution >= 0.6 is 12.2 Å². The standard InChI is InChI=1S/C21H27N5O3S/c1-3-10-22-19(27)9-6-16-12-23-20(28)18-11-15(13-26(16)18)25-21(30)24-14-4-7-17(29-2)8-5-14/h1,4-5,7-8,15-16,18H,6,9-13H2,2H3,(H,22,27)(H,23,28)(H2,24,25,30)/t15-,16+,18-/m0/s1. The molecule has 8 nitrogen and oxygen atoms in total. The maximum absolute atomic E-state index is 12.3. The van der Waals surface area contributed by atoms with Crippen molar-refractivity contribution in [2.24, 2.45) is 0 Å². The number of hydrogen-bond acceptors (Lipinski definition) is 5. The van der Waals surface area contributed by atoms with Gasteiger partial charge < -0.3 is 26.0 Å². The van der Waals surface area contributed by atoms with Crippen molar-refractivity contribution in [3.8, 4) is 18.1 Å². The number of piperazine rings is 1. The molecule has 3 atom stereocenters. The number of rotatable bonds is 7. The van der Waals surface area contributed by atoms with Crippen molar-refractivity contribution in [1.82, 2.24) is 20.9 Å². The van der Waals surface area contributed by atoms with E-state index in [0.717, 1.165) is 11.4 Å². The molecule has 0 radical (unpaired) electrons. The van der Waals surface area contributed by atoms with Gasteiger partial charge in [-0.25, -0.2) is 0 Å². The fourth-order valence-electron chi connectivity index (χ4n) is 3.91. The van der Waals surface area contributed by atoms with Gasteiger partial charge in [0.1, 0.15) is 5.75 Å². The van der Waals surface area contributed by atoms with Crippen molar-refractivity contribution in [2.75, 3.05) is 32.1 Å². The molecule has 1 aromatic rings. The summed E-state index contributed by atoms with van der Waals surface area (Å²) in [6.45, 7) is 1.47. The first-order valence-electron chi connectivity index (χ1n) is 9.95. The van der Waals surface area contributed by atoms with Gasteiger partial charge in [-0.1, -0.05) is 5.92 Å². The average Bonchev–Trinajstić information content (AvgIpc) is 3.16. The van der Waals surface area contributed by atoms with Gasteiger partial charge in [0.2, 0.25) is 11.8 Å². The van der Waals surface area contributed by atoms with E-state index in [1.165, 1.54) is 0 Å².